The van der Waals surface area contributed by atoms with Crippen LogP contribution in [0, 0.1) is 5.82 Å². The number of rotatable bonds is 5. The second-order valence-electron chi connectivity index (χ2n) is 4.99. The molecule has 2 heterocycles. The molecule has 0 aliphatic carbocycles. The fraction of sp³-hybridized carbons (Fsp3) is 0.267. The Morgan fingerprint density at radius 3 is 2.96 bits per heavy atom. The molecule has 2 aromatic heterocycles. The summed E-state index contributed by atoms with van der Waals surface area (Å²) in [5, 5.41) is 14.7. The predicted octanol–water partition coefficient (Wildman–Crippen LogP) is 2.02. The monoisotopic (exact) mass is 317 g/mol. The number of fused-ring (bicyclic) bond motifs is 1. The van der Waals surface area contributed by atoms with E-state index in [0.29, 0.717) is 17.9 Å². The molecule has 0 aliphatic rings. The van der Waals surface area contributed by atoms with Crippen LogP contribution in [0.5, 0.6) is 5.75 Å². The van der Waals surface area contributed by atoms with E-state index in [1.807, 2.05) is 6.92 Å². The summed E-state index contributed by atoms with van der Waals surface area (Å²) in [4.78, 5) is 12.0. The second-order valence-corrected chi connectivity index (χ2v) is 4.99. The third kappa shape index (κ3) is 2.87. The van der Waals surface area contributed by atoms with Crippen molar-refractivity contribution >= 4 is 22.8 Å². The first kappa shape index (κ1) is 15.0. The lowest BCUT2D eigenvalue weighted by molar-refractivity contribution is -0.118. The highest BCUT2D eigenvalue weighted by molar-refractivity contribution is 6.00. The topological polar surface area (TPSA) is 84.8 Å². The summed E-state index contributed by atoms with van der Waals surface area (Å²) in [6.45, 7) is 1.67. The zero-order chi connectivity index (χ0) is 16.4. The van der Waals surface area contributed by atoms with Gasteiger partial charge in [0.1, 0.15) is 5.82 Å². The van der Waals surface area contributed by atoms with Gasteiger partial charge in [-0.25, -0.2) is 9.07 Å². The van der Waals surface area contributed by atoms with Crippen molar-refractivity contribution < 1.29 is 13.9 Å². The van der Waals surface area contributed by atoms with Crippen molar-refractivity contribution in [1.82, 2.24) is 20.0 Å². The number of anilines is 1. The van der Waals surface area contributed by atoms with Gasteiger partial charge in [-0.1, -0.05) is 19.1 Å². The molecule has 3 aromatic rings. The maximum Gasteiger partial charge on any atom is 0.263 e. The average Bonchev–Trinajstić information content (AvgIpc) is 3.08. The number of amides is 1. The number of aromatic amines is 1. The van der Waals surface area contributed by atoms with Crippen molar-refractivity contribution in [3.05, 3.63) is 35.8 Å². The molecule has 2 N–H and O–H groups in total. The van der Waals surface area contributed by atoms with Crippen LogP contribution in [0.3, 0.4) is 0 Å². The van der Waals surface area contributed by atoms with E-state index in [4.69, 9.17) is 4.74 Å². The molecule has 120 valence electrons. The zero-order valence-corrected chi connectivity index (χ0v) is 12.8. The molecule has 1 aromatic carbocycles. The Kier molecular flexibility index (Phi) is 3.96. The van der Waals surface area contributed by atoms with Gasteiger partial charge >= 0.3 is 0 Å². The number of carbonyl (C=O) groups excluding carboxylic acids is 1. The first-order valence-corrected chi connectivity index (χ1v) is 7.17. The first-order chi connectivity index (χ1) is 11.1. The van der Waals surface area contributed by atoms with Crippen molar-refractivity contribution in [1.29, 1.82) is 0 Å². The van der Waals surface area contributed by atoms with Crippen LogP contribution in [0.2, 0.25) is 0 Å². The van der Waals surface area contributed by atoms with E-state index in [0.717, 1.165) is 11.1 Å². The number of halogens is 1. The lowest BCUT2D eigenvalue weighted by Gasteiger charge is -2.07. The molecule has 0 bridgehead atoms. The van der Waals surface area contributed by atoms with Crippen molar-refractivity contribution in [2.45, 2.75) is 13.3 Å². The number of ether oxygens (including phenoxy) is 1. The number of H-pyrrole nitrogens is 1. The summed E-state index contributed by atoms with van der Waals surface area (Å²) in [6.07, 6.45) is 0.714. The predicted molar refractivity (Wildman–Crippen MR) is 82.8 cm³/mol. The number of carbonyl (C=O) groups is 1. The number of aryl methyl sites for hydroxylation is 2. The van der Waals surface area contributed by atoms with Gasteiger partial charge in [0.05, 0.1) is 11.1 Å². The molecule has 0 atom stereocenters. The quantitative estimate of drug-likeness (QED) is 0.754. The summed E-state index contributed by atoms with van der Waals surface area (Å²) >= 11 is 0. The third-order valence-electron chi connectivity index (χ3n) is 3.41. The van der Waals surface area contributed by atoms with Gasteiger partial charge in [0.2, 0.25) is 0 Å². The van der Waals surface area contributed by atoms with Gasteiger partial charge in [0.15, 0.2) is 23.8 Å². The molecule has 3 rings (SSSR count). The molecule has 0 radical (unpaired) electrons. The number of aromatic nitrogens is 4. The summed E-state index contributed by atoms with van der Waals surface area (Å²) < 4.78 is 20.3. The Morgan fingerprint density at radius 1 is 1.43 bits per heavy atom. The van der Waals surface area contributed by atoms with E-state index in [9.17, 15) is 9.18 Å². The van der Waals surface area contributed by atoms with Crippen molar-refractivity contribution in [2.75, 3.05) is 11.9 Å². The molecule has 23 heavy (non-hydrogen) atoms. The number of para-hydroxylation sites is 1. The molecule has 0 spiro atoms. The van der Waals surface area contributed by atoms with Crippen LogP contribution in [0.4, 0.5) is 10.2 Å². The Hall–Kier alpha value is -2.90. The Morgan fingerprint density at radius 2 is 2.22 bits per heavy atom. The zero-order valence-electron chi connectivity index (χ0n) is 12.8. The maximum atomic E-state index is 13.4. The summed E-state index contributed by atoms with van der Waals surface area (Å²) in [7, 11) is 1.79. The van der Waals surface area contributed by atoms with E-state index in [-0.39, 0.29) is 12.4 Å². The Bertz CT molecular complexity index is 855. The fourth-order valence-corrected chi connectivity index (χ4v) is 2.34. The Labute approximate surface area is 131 Å². The molecule has 0 saturated heterocycles. The van der Waals surface area contributed by atoms with Crippen molar-refractivity contribution in [3.63, 3.8) is 0 Å². The number of nitrogens with zero attached hydrogens (tertiary/aromatic N) is 3. The maximum absolute atomic E-state index is 13.4. The second kappa shape index (κ2) is 6.07. The highest BCUT2D eigenvalue weighted by atomic mass is 19.1. The molecule has 0 unspecified atom stereocenters. The van der Waals surface area contributed by atoms with Crippen LogP contribution in [0.15, 0.2) is 24.3 Å². The van der Waals surface area contributed by atoms with Gasteiger partial charge < -0.3 is 10.1 Å². The Balaban J connectivity index is 1.72. The van der Waals surface area contributed by atoms with E-state index in [2.05, 4.69) is 20.6 Å². The van der Waals surface area contributed by atoms with Crippen LogP contribution < -0.4 is 10.1 Å². The van der Waals surface area contributed by atoms with Crippen LogP contribution >= 0.6 is 0 Å². The largest absolute Gasteiger partial charge is 0.481 e. The molecule has 0 aliphatic heterocycles. The van der Waals surface area contributed by atoms with Crippen molar-refractivity contribution in [3.8, 4) is 5.75 Å². The normalized spacial score (nSPS) is 10.9. The van der Waals surface area contributed by atoms with Crippen LogP contribution in [0.25, 0.3) is 11.0 Å². The van der Waals surface area contributed by atoms with Crippen LogP contribution in [0.1, 0.15) is 12.6 Å². The standard InChI is InChI=1S/C15H16FN5O2/c1-3-10-13-14(18-19-15(13)21(2)20-10)17-12(22)8-23-11-7-5-4-6-9(11)16/h4-7H,3,8H2,1-2H3,(H2,17,18,19,22). The minimum Gasteiger partial charge on any atom is -0.481 e. The molecule has 8 heteroatoms. The van der Waals surface area contributed by atoms with Gasteiger partial charge in [-0.05, 0) is 18.6 Å². The summed E-state index contributed by atoms with van der Waals surface area (Å²) in [5.41, 5.74) is 1.49. The molecular formula is C15H16FN5O2. The molecule has 0 fully saturated rings. The number of hydrogen-bond acceptors (Lipinski definition) is 4. The molecule has 1 amide bonds. The number of nitrogens with one attached hydrogen (secondary N) is 2. The highest BCUT2D eigenvalue weighted by Gasteiger charge is 2.17. The number of benzene rings is 1. The third-order valence-corrected chi connectivity index (χ3v) is 3.41. The summed E-state index contributed by atoms with van der Waals surface area (Å²) in [6, 6.07) is 5.93. The van der Waals surface area contributed by atoms with Gasteiger partial charge in [0.25, 0.3) is 5.91 Å². The SMILES string of the molecule is CCc1nn(C)c2n[nH]c(NC(=O)COc3ccccc3F)c12. The minimum absolute atomic E-state index is 0.0352. The molecule has 0 saturated carbocycles. The van der Waals surface area contributed by atoms with Gasteiger partial charge in [-0.3, -0.25) is 9.89 Å². The van der Waals surface area contributed by atoms with E-state index < -0.39 is 11.7 Å². The van der Waals surface area contributed by atoms with Crippen molar-refractivity contribution in [2.24, 2.45) is 7.05 Å². The highest BCUT2D eigenvalue weighted by Crippen LogP contribution is 2.24. The molecule has 7 nitrogen and oxygen atoms in total. The van der Waals surface area contributed by atoms with Gasteiger partial charge in [-0.15, -0.1) is 0 Å². The van der Waals surface area contributed by atoms with E-state index in [1.165, 1.54) is 12.1 Å². The fourth-order valence-electron chi connectivity index (χ4n) is 2.34. The van der Waals surface area contributed by atoms with Gasteiger partial charge in [0, 0.05) is 7.05 Å². The lowest BCUT2D eigenvalue weighted by atomic mass is 10.2. The smallest absolute Gasteiger partial charge is 0.263 e. The molecular weight excluding hydrogens is 301 g/mol. The van der Waals surface area contributed by atoms with E-state index >= 15 is 0 Å². The van der Waals surface area contributed by atoms with Crippen LogP contribution in [-0.4, -0.2) is 32.5 Å². The lowest BCUT2D eigenvalue weighted by Crippen LogP contribution is -2.20. The minimum atomic E-state index is -0.509. The van der Waals surface area contributed by atoms with Crippen LogP contribution in [-0.2, 0) is 18.3 Å². The van der Waals surface area contributed by atoms with Gasteiger partial charge in [-0.2, -0.15) is 10.2 Å². The van der Waals surface area contributed by atoms with E-state index in [1.54, 1.807) is 23.9 Å². The summed E-state index contributed by atoms with van der Waals surface area (Å²) in [5.74, 6) is -0.422. The number of hydrogen-bond donors (Lipinski definition) is 2. The average molecular weight is 317 g/mol. The first-order valence-electron chi connectivity index (χ1n) is 7.17.